The number of benzene rings is 1. The lowest BCUT2D eigenvalue weighted by atomic mass is 9.93. The van der Waals surface area contributed by atoms with Crippen molar-refractivity contribution in [3.05, 3.63) is 34.9 Å². The first kappa shape index (κ1) is 15.5. The first-order valence-electron chi connectivity index (χ1n) is 7.14. The molecule has 18 heavy (non-hydrogen) atoms. The van der Waals surface area contributed by atoms with Crippen LogP contribution in [0.4, 0.5) is 0 Å². The Hall–Kier alpha value is -0.530. The van der Waals surface area contributed by atoms with Crippen molar-refractivity contribution in [3.8, 4) is 0 Å². The molecule has 0 saturated carbocycles. The number of halogens is 1. The van der Waals surface area contributed by atoms with Gasteiger partial charge in [0.05, 0.1) is 0 Å². The number of rotatable bonds is 9. The first-order chi connectivity index (χ1) is 8.79. The van der Waals surface area contributed by atoms with Crippen LogP contribution in [-0.4, -0.2) is 11.7 Å². The highest BCUT2D eigenvalue weighted by Crippen LogP contribution is 2.28. The molecule has 0 bridgehead atoms. The Morgan fingerprint density at radius 2 is 1.72 bits per heavy atom. The van der Waals surface area contributed by atoms with Gasteiger partial charge in [0.15, 0.2) is 0 Å². The van der Waals surface area contributed by atoms with Gasteiger partial charge >= 0.3 is 0 Å². The standard InChI is InChI=1S/C16H25ClO/c1-2-3-4-5-6-7-10-14(13-18)15-11-8-9-12-16(15)17/h8-9,11-12,14,18H,2-7,10,13H2,1H3. The molecule has 1 aromatic rings. The van der Waals surface area contributed by atoms with Crippen LogP contribution in [0.15, 0.2) is 24.3 Å². The molecule has 2 heteroatoms. The highest BCUT2D eigenvalue weighted by Gasteiger charge is 2.12. The Morgan fingerprint density at radius 1 is 1.06 bits per heavy atom. The van der Waals surface area contributed by atoms with E-state index in [1.165, 1.54) is 38.5 Å². The molecule has 0 spiro atoms. The average molecular weight is 269 g/mol. The highest BCUT2D eigenvalue weighted by atomic mass is 35.5. The van der Waals surface area contributed by atoms with Crippen LogP contribution in [0.25, 0.3) is 0 Å². The molecule has 0 fully saturated rings. The molecule has 0 amide bonds. The molecule has 0 heterocycles. The van der Waals surface area contributed by atoms with Gasteiger partial charge in [-0.05, 0) is 18.1 Å². The van der Waals surface area contributed by atoms with Crippen molar-refractivity contribution >= 4 is 11.6 Å². The molecule has 0 radical (unpaired) electrons. The van der Waals surface area contributed by atoms with Crippen LogP contribution in [0.1, 0.15) is 63.4 Å². The SMILES string of the molecule is CCCCCCCCC(CO)c1ccccc1Cl. The quantitative estimate of drug-likeness (QED) is 0.613. The third-order valence-corrected chi connectivity index (χ3v) is 3.82. The summed E-state index contributed by atoms with van der Waals surface area (Å²) in [5.41, 5.74) is 1.09. The number of unbranched alkanes of at least 4 members (excludes halogenated alkanes) is 5. The number of hydrogen-bond donors (Lipinski definition) is 1. The molecule has 0 aliphatic rings. The minimum Gasteiger partial charge on any atom is -0.396 e. The number of aliphatic hydroxyl groups is 1. The fraction of sp³-hybridized carbons (Fsp3) is 0.625. The number of hydrogen-bond acceptors (Lipinski definition) is 1. The second-order valence-electron chi connectivity index (χ2n) is 4.96. The summed E-state index contributed by atoms with van der Waals surface area (Å²) in [6.07, 6.45) is 8.77. The Bertz CT molecular complexity index is 325. The largest absolute Gasteiger partial charge is 0.396 e. The van der Waals surface area contributed by atoms with E-state index >= 15 is 0 Å². The molecule has 1 atom stereocenters. The molecule has 0 aromatic heterocycles. The van der Waals surface area contributed by atoms with E-state index in [1.807, 2.05) is 24.3 Å². The van der Waals surface area contributed by atoms with Gasteiger partial charge in [0.1, 0.15) is 0 Å². The van der Waals surface area contributed by atoms with Gasteiger partial charge in [0.2, 0.25) is 0 Å². The smallest absolute Gasteiger partial charge is 0.0500 e. The van der Waals surface area contributed by atoms with Crippen LogP contribution in [0.2, 0.25) is 5.02 Å². The van der Waals surface area contributed by atoms with Crippen LogP contribution < -0.4 is 0 Å². The maximum atomic E-state index is 9.49. The predicted molar refractivity (Wildman–Crippen MR) is 79.3 cm³/mol. The molecular weight excluding hydrogens is 244 g/mol. The Kier molecular flexibility index (Phi) is 8.11. The summed E-state index contributed by atoms with van der Waals surface area (Å²) in [5.74, 6) is 0.199. The molecule has 102 valence electrons. The van der Waals surface area contributed by atoms with Gasteiger partial charge in [0.25, 0.3) is 0 Å². The second kappa shape index (κ2) is 9.41. The first-order valence-corrected chi connectivity index (χ1v) is 7.52. The lowest BCUT2D eigenvalue weighted by Crippen LogP contribution is -2.04. The highest BCUT2D eigenvalue weighted by molar-refractivity contribution is 6.31. The van der Waals surface area contributed by atoms with Gasteiger partial charge in [-0.25, -0.2) is 0 Å². The predicted octanol–water partition coefficient (Wildman–Crippen LogP) is 5.17. The summed E-state index contributed by atoms with van der Waals surface area (Å²) in [7, 11) is 0. The van der Waals surface area contributed by atoms with Gasteiger partial charge in [-0.1, -0.05) is 75.2 Å². The van der Waals surface area contributed by atoms with Crippen LogP contribution in [-0.2, 0) is 0 Å². The van der Waals surface area contributed by atoms with Crippen LogP contribution in [0, 0.1) is 0 Å². The third-order valence-electron chi connectivity index (χ3n) is 3.47. The van der Waals surface area contributed by atoms with E-state index in [9.17, 15) is 5.11 Å². The summed E-state index contributed by atoms with van der Waals surface area (Å²) >= 11 is 6.17. The average Bonchev–Trinajstić information content (AvgIpc) is 2.39. The minimum absolute atomic E-state index is 0.193. The van der Waals surface area contributed by atoms with Gasteiger partial charge in [-0.3, -0.25) is 0 Å². The van der Waals surface area contributed by atoms with Gasteiger partial charge < -0.3 is 5.11 Å². The Labute approximate surface area is 116 Å². The third kappa shape index (κ3) is 5.41. The summed E-state index contributed by atoms with van der Waals surface area (Å²) in [5, 5.41) is 10.3. The van der Waals surface area contributed by atoms with Crippen molar-refractivity contribution in [3.63, 3.8) is 0 Å². The summed E-state index contributed by atoms with van der Waals surface area (Å²) in [4.78, 5) is 0. The fourth-order valence-corrected chi connectivity index (χ4v) is 2.61. The monoisotopic (exact) mass is 268 g/mol. The zero-order valence-electron chi connectivity index (χ0n) is 11.4. The van der Waals surface area contributed by atoms with Gasteiger partial charge in [0, 0.05) is 17.5 Å². The zero-order chi connectivity index (χ0) is 13.2. The molecule has 1 nitrogen and oxygen atoms in total. The van der Waals surface area contributed by atoms with Crippen molar-refractivity contribution in [2.24, 2.45) is 0 Å². The van der Waals surface area contributed by atoms with Crippen LogP contribution in [0.3, 0.4) is 0 Å². The van der Waals surface area contributed by atoms with Gasteiger partial charge in [-0.2, -0.15) is 0 Å². The molecule has 1 aromatic carbocycles. The fourth-order valence-electron chi connectivity index (χ4n) is 2.32. The van der Waals surface area contributed by atoms with Crippen LogP contribution >= 0.6 is 11.6 Å². The normalized spacial score (nSPS) is 12.6. The second-order valence-corrected chi connectivity index (χ2v) is 5.36. The van der Waals surface area contributed by atoms with E-state index in [1.54, 1.807) is 0 Å². The van der Waals surface area contributed by atoms with E-state index in [0.717, 1.165) is 17.0 Å². The van der Waals surface area contributed by atoms with Crippen molar-refractivity contribution < 1.29 is 5.11 Å². The van der Waals surface area contributed by atoms with Crippen molar-refractivity contribution in [2.45, 2.75) is 57.8 Å². The summed E-state index contributed by atoms with van der Waals surface area (Å²) in [6.45, 7) is 2.43. The topological polar surface area (TPSA) is 20.2 Å². The minimum atomic E-state index is 0.193. The van der Waals surface area contributed by atoms with E-state index in [2.05, 4.69) is 6.92 Å². The molecule has 1 rings (SSSR count). The molecule has 0 aliphatic heterocycles. The molecule has 0 saturated heterocycles. The molecule has 1 N–H and O–H groups in total. The molecule has 1 unspecified atom stereocenters. The maximum absolute atomic E-state index is 9.49. The number of aliphatic hydroxyl groups excluding tert-OH is 1. The van der Waals surface area contributed by atoms with Crippen molar-refractivity contribution in [1.82, 2.24) is 0 Å². The van der Waals surface area contributed by atoms with E-state index in [0.29, 0.717) is 0 Å². The molecular formula is C16H25ClO. The summed E-state index contributed by atoms with van der Waals surface area (Å²) < 4.78 is 0. The van der Waals surface area contributed by atoms with E-state index in [4.69, 9.17) is 11.6 Å². The lowest BCUT2D eigenvalue weighted by Gasteiger charge is -2.15. The Morgan fingerprint density at radius 3 is 2.39 bits per heavy atom. The van der Waals surface area contributed by atoms with E-state index in [-0.39, 0.29) is 12.5 Å². The molecule has 0 aliphatic carbocycles. The summed E-state index contributed by atoms with van der Waals surface area (Å²) in [6, 6.07) is 7.86. The van der Waals surface area contributed by atoms with Crippen LogP contribution in [0.5, 0.6) is 0 Å². The van der Waals surface area contributed by atoms with Crippen molar-refractivity contribution in [1.29, 1.82) is 0 Å². The zero-order valence-corrected chi connectivity index (χ0v) is 12.1. The van der Waals surface area contributed by atoms with Gasteiger partial charge in [-0.15, -0.1) is 0 Å². The maximum Gasteiger partial charge on any atom is 0.0500 e. The Balaban J connectivity index is 2.32. The lowest BCUT2D eigenvalue weighted by molar-refractivity contribution is 0.256. The van der Waals surface area contributed by atoms with E-state index < -0.39 is 0 Å². The van der Waals surface area contributed by atoms with Crippen molar-refractivity contribution in [2.75, 3.05) is 6.61 Å².